The summed E-state index contributed by atoms with van der Waals surface area (Å²) in [5.41, 5.74) is 0. The minimum absolute atomic E-state index is 0.00408. The number of hydrogen-bond donors (Lipinski definition) is 2. The van der Waals surface area contributed by atoms with Crippen molar-refractivity contribution in [1.82, 2.24) is 10.6 Å². The Morgan fingerprint density at radius 2 is 1.86 bits per heavy atom. The zero-order valence-corrected chi connectivity index (χ0v) is 15.0. The molecule has 1 rings (SSSR count). The van der Waals surface area contributed by atoms with Crippen molar-refractivity contribution in [2.24, 2.45) is 10.9 Å². The van der Waals surface area contributed by atoms with Gasteiger partial charge in [0.05, 0.1) is 30.1 Å². The lowest BCUT2D eigenvalue weighted by molar-refractivity contribution is -0.123. The molecule has 1 saturated carbocycles. The predicted molar refractivity (Wildman–Crippen MR) is 91.2 cm³/mol. The van der Waals surface area contributed by atoms with Crippen LogP contribution in [0.3, 0.4) is 0 Å². The average molecular weight is 311 g/mol. The van der Waals surface area contributed by atoms with Gasteiger partial charge >= 0.3 is 0 Å². The standard InChI is InChI=1S/C17H33N3O2/c1-7-14(8-2)22-16-10-11(3)9-15(19-12(4)18-6)17(16)20-13(5)21/h11,14-17H,7-10H2,1-6H3,(H,18,19)(H,20,21). The van der Waals surface area contributed by atoms with E-state index in [0.29, 0.717) is 5.92 Å². The van der Waals surface area contributed by atoms with Crippen molar-refractivity contribution in [2.45, 2.75) is 84.6 Å². The number of nitrogens with zero attached hydrogens (tertiary/aromatic N) is 1. The molecule has 0 bridgehead atoms. The van der Waals surface area contributed by atoms with Gasteiger partial charge in [0, 0.05) is 14.0 Å². The van der Waals surface area contributed by atoms with Crippen molar-refractivity contribution in [3.05, 3.63) is 0 Å². The maximum Gasteiger partial charge on any atom is 0.217 e. The van der Waals surface area contributed by atoms with Crippen LogP contribution in [-0.2, 0) is 9.53 Å². The molecule has 1 fully saturated rings. The summed E-state index contributed by atoms with van der Waals surface area (Å²) in [6, 6.07) is 0.154. The number of amidine groups is 1. The molecule has 22 heavy (non-hydrogen) atoms. The SMILES string of the molecule is CCC(CC)OC1CC(C)CC(NC(C)=NC)C1NC(C)=O. The Bertz CT molecular complexity index is 380. The molecular weight excluding hydrogens is 278 g/mol. The molecule has 0 aliphatic heterocycles. The first-order valence-corrected chi connectivity index (χ1v) is 8.53. The minimum atomic E-state index is -0.00833. The largest absolute Gasteiger partial charge is 0.373 e. The molecule has 0 radical (unpaired) electrons. The number of hydrogen-bond acceptors (Lipinski definition) is 3. The third-order valence-corrected chi connectivity index (χ3v) is 4.50. The van der Waals surface area contributed by atoms with Crippen LogP contribution in [0, 0.1) is 5.92 Å². The summed E-state index contributed by atoms with van der Waals surface area (Å²) in [5, 5.41) is 6.55. The summed E-state index contributed by atoms with van der Waals surface area (Å²) in [5.74, 6) is 1.46. The summed E-state index contributed by atoms with van der Waals surface area (Å²) in [7, 11) is 1.78. The Labute approximate surface area is 135 Å². The van der Waals surface area contributed by atoms with Crippen LogP contribution in [0.1, 0.15) is 60.3 Å². The first-order valence-electron chi connectivity index (χ1n) is 8.53. The van der Waals surface area contributed by atoms with E-state index in [9.17, 15) is 4.79 Å². The van der Waals surface area contributed by atoms with E-state index < -0.39 is 0 Å². The van der Waals surface area contributed by atoms with Crippen LogP contribution in [0.4, 0.5) is 0 Å². The minimum Gasteiger partial charge on any atom is -0.373 e. The third kappa shape index (κ3) is 5.59. The molecule has 0 aromatic rings. The molecule has 2 N–H and O–H groups in total. The van der Waals surface area contributed by atoms with Gasteiger partial charge in [-0.3, -0.25) is 9.79 Å². The Morgan fingerprint density at radius 3 is 2.36 bits per heavy atom. The molecule has 1 amide bonds. The lowest BCUT2D eigenvalue weighted by Gasteiger charge is -2.42. The lowest BCUT2D eigenvalue weighted by Crippen LogP contribution is -2.60. The molecule has 0 aromatic carbocycles. The van der Waals surface area contributed by atoms with E-state index >= 15 is 0 Å². The number of nitrogens with one attached hydrogen (secondary N) is 2. The highest BCUT2D eigenvalue weighted by Gasteiger charge is 2.38. The van der Waals surface area contributed by atoms with Gasteiger partial charge in [0.15, 0.2) is 0 Å². The molecule has 1 aliphatic carbocycles. The number of amides is 1. The number of ether oxygens (including phenoxy) is 1. The monoisotopic (exact) mass is 311 g/mol. The first kappa shape index (κ1) is 18.9. The zero-order chi connectivity index (χ0) is 16.7. The molecular formula is C17H33N3O2. The number of carbonyl (C=O) groups excluding carboxylic acids is 1. The van der Waals surface area contributed by atoms with E-state index in [0.717, 1.165) is 31.5 Å². The van der Waals surface area contributed by atoms with E-state index in [2.05, 4.69) is 36.4 Å². The summed E-state index contributed by atoms with van der Waals surface area (Å²) >= 11 is 0. The molecule has 0 saturated heterocycles. The molecule has 128 valence electrons. The molecule has 4 atom stereocenters. The van der Waals surface area contributed by atoms with E-state index in [1.165, 1.54) is 0 Å². The predicted octanol–water partition coefficient (Wildman–Crippen LogP) is 2.50. The van der Waals surface area contributed by atoms with Gasteiger partial charge in [-0.1, -0.05) is 20.8 Å². The Kier molecular flexibility index (Phi) is 7.87. The van der Waals surface area contributed by atoms with Crippen LogP contribution in [0.2, 0.25) is 0 Å². The highest BCUT2D eigenvalue weighted by atomic mass is 16.5. The van der Waals surface area contributed by atoms with E-state index in [4.69, 9.17) is 4.74 Å². The molecule has 5 heteroatoms. The van der Waals surface area contributed by atoms with Crippen molar-refractivity contribution >= 4 is 11.7 Å². The Balaban J connectivity index is 2.91. The highest BCUT2D eigenvalue weighted by Crippen LogP contribution is 2.28. The van der Waals surface area contributed by atoms with Gasteiger partial charge < -0.3 is 15.4 Å². The fourth-order valence-corrected chi connectivity index (χ4v) is 3.26. The maximum absolute atomic E-state index is 11.6. The summed E-state index contributed by atoms with van der Waals surface area (Å²) in [6.45, 7) is 10.1. The average Bonchev–Trinajstić information content (AvgIpc) is 2.47. The molecule has 4 unspecified atom stereocenters. The normalized spacial score (nSPS) is 29.5. The van der Waals surface area contributed by atoms with Crippen molar-refractivity contribution < 1.29 is 9.53 Å². The third-order valence-electron chi connectivity index (χ3n) is 4.50. The maximum atomic E-state index is 11.6. The van der Waals surface area contributed by atoms with Crippen molar-refractivity contribution in [2.75, 3.05) is 7.05 Å². The van der Waals surface area contributed by atoms with Gasteiger partial charge in [-0.2, -0.15) is 0 Å². The second-order valence-corrected chi connectivity index (χ2v) is 6.48. The number of aliphatic imine (C=N–C) groups is 1. The zero-order valence-electron chi connectivity index (χ0n) is 15.0. The lowest BCUT2D eigenvalue weighted by atomic mass is 9.80. The summed E-state index contributed by atoms with van der Waals surface area (Å²) in [4.78, 5) is 15.8. The van der Waals surface area contributed by atoms with Gasteiger partial charge in [0.1, 0.15) is 0 Å². The van der Waals surface area contributed by atoms with Crippen molar-refractivity contribution in [1.29, 1.82) is 0 Å². The molecule has 1 aliphatic rings. The van der Waals surface area contributed by atoms with Gasteiger partial charge in [0.2, 0.25) is 5.91 Å². The smallest absolute Gasteiger partial charge is 0.217 e. The highest BCUT2D eigenvalue weighted by molar-refractivity contribution is 5.80. The first-order chi connectivity index (χ1) is 10.4. The van der Waals surface area contributed by atoms with Gasteiger partial charge in [-0.25, -0.2) is 0 Å². The van der Waals surface area contributed by atoms with Crippen molar-refractivity contribution in [3.63, 3.8) is 0 Å². The number of rotatable bonds is 6. The second-order valence-electron chi connectivity index (χ2n) is 6.48. The fraction of sp³-hybridized carbons (Fsp3) is 0.882. The second kappa shape index (κ2) is 9.13. The molecule has 0 heterocycles. The Hall–Kier alpha value is -1.10. The molecule has 0 spiro atoms. The van der Waals surface area contributed by atoms with Crippen LogP contribution >= 0.6 is 0 Å². The molecule has 0 aromatic heterocycles. The fourth-order valence-electron chi connectivity index (χ4n) is 3.26. The van der Waals surface area contributed by atoms with Gasteiger partial charge in [-0.15, -0.1) is 0 Å². The van der Waals surface area contributed by atoms with Crippen LogP contribution in [0.15, 0.2) is 4.99 Å². The van der Waals surface area contributed by atoms with E-state index in [-0.39, 0.29) is 30.2 Å². The topological polar surface area (TPSA) is 62.7 Å². The van der Waals surface area contributed by atoms with Crippen LogP contribution in [0.5, 0.6) is 0 Å². The van der Waals surface area contributed by atoms with Gasteiger partial charge in [0.25, 0.3) is 0 Å². The Morgan fingerprint density at radius 1 is 1.23 bits per heavy atom. The van der Waals surface area contributed by atoms with E-state index in [1.807, 2.05) is 6.92 Å². The van der Waals surface area contributed by atoms with E-state index in [1.54, 1.807) is 14.0 Å². The summed E-state index contributed by atoms with van der Waals surface area (Å²) < 4.78 is 6.32. The van der Waals surface area contributed by atoms with Crippen LogP contribution in [0.25, 0.3) is 0 Å². The van der Waals surface area contributed by atoms with Gasteiger partial charge in [-0.05, 0) is 38.5 Å². The van der Waals surface area contributed by atoms with Crippen molar-refractivity contribution in [3.8, 4) is 0 Å². The summed E-state index contributed by atoms with van der Waals surface area (Å²) in [6.07, 6.45) is 4.32. The number of carbonyl (C=O) groups is 1. The quantitative estimate of drug-likeness (QED) is 0.585. The van der Waals surface area contributed by atoms with Crippen LogP contribution < -0.4 is 10.6 Å². The van der Waals surface area contributed by atoms with Crippen LogP contribution in [-0.4, -0.2) is 43.1 Å². The molecule has 5 nitrogen and oxygen atoms in total.